The molecule has 0 bridgehead atoms. The number of H-pyrrole nitrogens is 1. The van der Waals surface area contributed by atoms with Gasteiger partial charge in [0.2, 0.25) is 15.9 Å². The summed E-state index contributed by atoms with van der Waals surface area (Å²) in [5.41, 5.74) is 9.69. The van der Waals surface area contributed by atoms with Gasteiger partial charge in [-0.2, -0.15) is 0 Å². The highest BCUT2D eigenvalue weighted by atomic mass is 32.2. The van der Waals surface area contributed by atoms with E-state index in [0.717, 1.165) is 82.0 Å². The zero-order valence-corrected chi connectivity index (χ0v) is 33.4. The third kappa shape index (κ3) is 10.7. The van der Waals surface area contributed by atoms with Crippen LogP contribution in [0.5, 0.6) is 0 Å². The molecule has 0 fully saturated rings. The fourth-order valence-electron chi connectivity index (χ4n) is 6.87. The van der Waals surface area contributed by atoms with E-state index in [1.807, 2.05) is 29.2 Å². The second-order valence-electron chi connectivity index (χ2n) is 15.4. The second kappa shape index (κ2) is 17.7. The first-order valence-electron chi connectivity index (χ1n) is 19.0. The number of amides is 1. The van der Waals surface area contributed by atoms with E-state index < -0.39 is 15.4 Å². The van der Waals surface area contributed by atoms with Crippen LogP contribution < -0.4 is 10.0 Å². The van der Waals surface area contributed by atoms with E-state index >= 15 is 0 Å². The van der Waals surface area contributed by atoms with Gasteiger partial charge in [0.25, 0.3) is 0 Å². The lowest BCUT2D eigenvalue weighted by Crippen LogP contribution is -2.44. The van der Waals surface area contributed by atoms with Crippen molar-refractivity contribution in [2.24, 2.45) is 0 Å². The summed E-state index contributed by atoms with van der Waals surface area (Å²) < 4.78 is 25.5. The first-order chi connectivity index (χ1) is 24.1. The Labute approximate surface area is 308 Å². The van der Waals surface area contributed by atoms with Crippen molar-refractivity contribution in [3.63, 3.8) is 0 Å². The van der Waals surface area contributed by atoms with Gasteiger partial charge in [-0.15, -0.1) is 0 Å². The fourth-order valence-corrected chi connectivity index (χ4v) is 7.44. The molecule has 3 aromatic carbocycles. The third-order valence-corrected chi connectivity index (χ3v) is 10.5. The highest BCUT2D eigenvalue weighted by molar-refractivity contribution is 7.92. The predicted octanol–water partition coefficient (Wildman–Crippen LogP) is 9.53. The molecule has 0 radical (unpaired) electrons. The molecule has 7 nitrogen and oxygen atoms in total. The number of carbonyl (C=O) groups excluding carboxylic acids is 1. The zero-order valence-electron chi connectivity index (χ0n) is 32.6. The summed E-state index contributed by atoms with van der Waals surface area (Å²) in [5.74, 6) is 1.04. The number of anilines is 1. The smallest absolute Gasteiger partial charge is 0.232 e. The van der Waals surface area contributed by atoms with E-state index in [1.165, 1.54) is 38.9 Å². The number of carbonyl (C=O) groups is 1. The highest BCUT2D eigenvalue weighted by Crippen LogP contribution is 2.37. The lowest BCUT2D eigenvalue weighted by atomic mass is 9.82. The standard InChI is InChI=1S/C43H62N4O3S/c1-10-24-47(25-11-2)42(48)43(7,8)36-17-20-40-39(29-36)38(41(45-40)35-27-33(30(3)4)26-34(28-35)31(5)6)21-23-44-22-13-12-14-32-15-18-37(19-16-32)46-51(9,49)50/h15-20,26-31,44-46H,10-14,21-25H2,1-9H3. The Kier molecular flexibility index (Phi) is 14.0. The number of aromatic amines is 1. The molecule has 0 spiro atoms. The maximum Gasteiger partial charge on any atom is 0.232 e. The number of unbranched alkanes of at least 4 members (excludes halogenated alkanes) is 1. The molecule has 1 aromatic heterocycles. The molecule has 0 aliphatic carbocycles. The van der Waals surface area contributed by atoms with Crippen LogP contribution in [0.15, 0.2) is 60.7 Å². The molecule has 0 atom stereocenters. The van der Waals surface area contributed by atoms with Crippen LogP contribution in [0.25, 0.3) is 22.2 Å². The van der Waals surface area contributed by atoms with Crippen molar-refractivity contribution < 1.29 is 13.2 Å². The molecular formula is C43H62N4O3S. The van der Waals surface area contributed by atoms with Gasteiger partial charge in [0.05, 0.1) is 11.7 Å². The molecule has 1 heterocycles. The average molecular weight is 715 g/mol. The minimum Gasteiger partial charge on any atom is -0.354 e. The molecule has 8 heteroatoms. The van der Waals surface area contributed by atoms with Crippen LogP contribution in [0.2, 0.25) is 0 Å². The number of sulfonamides is 1. The summed E-state index contributed by atoms with van der Waals surface area (Å²) in [6.45, 7) is 20.8. The second-order valence-corrected chi connectivity index (χ2v) is 17.1. The van der Waals surface area contributed by atoms with Crippen molar-refractivity contribution in [3.8, 4) is 11.3 Å². The van der Waals surface area contributed by atoms with E-state index in [1.54, 1.807) is 0 Å². The lowest BCUT2D eigenvalue weighted by Gasteiger charge is -2.32. The highest BCUT2D eigenvalue weighted by Gasteiger charge is 2.34. The Balaban J connectivity index is 1.57. The summed E-state index contributed by atoms with van der Waals surface area (Å²) >= 11 is 0. The maximum atomic E-state index is 13.9. The van der Waals surface area contributed by atoms with Gasteiger partial charge in [-0.1, -0.05) is 65.8 Å². The van der Waals surface area contributed by atoms with Gasteiger partial charge in [-0.05, 0) is 147 Å². The molecule has 0 aliphatic heterocycles. The quantitative estimate of drug-likeness (QED) is 0.0844. The van der Waals surface area contributed by atoms with E-state index in [9.17, 15) is 13.2 Å². The van der Waals surface area contributed by atoms with Crippen LogP contribution in [0.1, 0.15) is 121 Å². The summed E-state index contributed by atoms with van der Waals surface area (Å²) in [4.78, 5) is 19.8. The largest absolute Gasteiger partial charge is 0.354 e. The minimum absolute atomic E-state index is 0.192. The Morgan fingerprint density at radius 3 is 2.02 bits per heavy atom. The van der Waals surface area contributed by atoms with Crippen LogP contribution in [0, 0.1) is 0 Å². The van der Waals surface area contributed by atoms with Crippen molar-refractivity contribution in [2.45, 2.75) is 111 Å². The summed E-state index contributed by atoms with van der Waals surface area (Å²) in [6.07, 6.45) is 6.97. The van der Waals surface area contributed by atoms with Crippen LogP contribution >= 0.6 is 0 Å². The van der Waals surface area contributed by atoms with Crippen LogP contribution in [-0.4, -0.2) is 56.6 Å². The van der Waals surface area contributed by atoms with Crippen LogP contribution in [0.3, 0.4) is 0 Å². The van der Waals surface area contributed by atoms with Crippen molar-refractivity contribution in [1.29, 1.82) is 0 Å². The predicted molar refractivity (Wildman–Crippen MR) is 217 cm³/mol. The van der Waals surface area contributed by atoms with Crippen molar-refractivity contribution in [3.05, 3.63) is 88.5 Å². The summed E-state index contributed by atoms with van der Waals surface area (Å²) in [5, 5.41) is 4.89. The number of benzene rings is 3. The number of rotatable bonds is 19. The molecular weight excluding hydrogens is 653 g/mol. The van der Waals surface area contributed by atoms with E-state index in [2.05, 4.69) is 107 Å². The Bertz CT molecular complexity index is 1820. The maximum absolute atomic E-state index is 13.9. The number of nitrogens with zero attached hydrogens (tertiary/aromatic N) is 1. The van der Waals surface area contributed by atoms with Gasteiger partial charge in [-0.3, -0.25) is 9.52 Å². The Morgan fingerprint density at radius 2 is 1.45 bits per heavy atom. The van der Waals surface area contributed by atoms with Crippen LogP contribution in [0.4, 0.5) is 5.69 Å². The normalized spacial score (nSPS) is 12.3. The van der Waals surface area contributed by atoms with Gasteiger partial charge in [0.1, 0.15) is 0 Å². The molecule has 3 N–H and O–H groups in total. The number of nitrogens with one attached hydrogen (secondary N) is 3. The molecule has 0 saturated heterocycles. The van der Waals surface area contributed by atoms with E-state index in [0.29, 0.717) is 17.5 Å². The molecule has 4 rings (SSSR count). The Hall–Kier alpha value is -3.62. The molecule has 4 aromatic rings. The van der Waals surface area contributed by atoms with Gasteiger partial charge < -0.3 is 15.2 Å². The number of hydrogen-bond donors (Lipinski definition) is 3. The van der Waals surface area contributed by atoms with Crippen molar-refractivity contribution >= 4 is 32.5 Å². The number of aryl methyl sites for hydroxylation is 1. The van der Waals surface area contributed by atoms with Gasteiger partial charge in [0.15, 0.2) is 0 Å². The third-order valence-electron chi connectivity index (χ3n) is 9.91. The molecule has 1 amide bonds. The SMILES string of the molecule is CCCN(CCC)C(=O)C(C)(C)c1ccc2[nH]c(-c3cc(C(C)C)cc(C(C)C)c3)c(CCNCCCCc3ccc(NS(C)(=O)=O)cc3)c2c1. The number of aromatic nitrogens is 1. The number of fused-ring (bicyclic) bond motifs is 1. The summed E-state index contributed by atoms with van der Waals surface area (Å²) in [6, 6.07) is 21.3. The minimum atomic E-state index is -3.27. The molecule has 51 heavy (non-hydrogen) atoms. The van der Waals surface area contributed by atoms with Crippen LogP contribution in [-0.2, 0) is 33.1 Å². The fraction of sp³-hybridized carbons (Fsp3) is 0.512. The molecule has 278 valence electrons. The lowest BCUT2D eigenvalue weighted by molar-refractivity contribution is -0.136. The summed E-state index contributed by atoms with van der Waals surface area (Å²) in [7, 11) is -3.27. The zero-order chi connectivity index (χ0) is 37.3. The molecule has 0 aliphatic rings. The van der Waals surface area contributed by atoms with Crippen molar-refractivity contribution in [2.75, 3.05) is 37.2 Å². The molecule has 0 unspecified atom stereocenters. The van der Waals surface area contributed by atoms with Gasteiger partial charge in [0, 0.05) is 35.4 Å². The number of hydrogen-bond acceptors (Lipinski definition) is 4. The topological polar surface area (TPSA) is 94.3 Å². The van der Waals surface area contributed by atoms with Crippen molar-refractivity contribution in [1.82, 2.24) is 15.2 Å². The van der Waals surface area contributed by atoms with E-state index in [4.69, 9.17) is 0 Å². The average Bonchev–Trinajstić information content (AvgIpc) is 3.45. The van der Waals surface area contributed by atoms with E-state index in [-0.39, 0.29) is 5.91 Å². The van der Waals surface area contributed by atoms with Gasteiger partial charge >= 0.3 is 0 Å². The first kappa shape index (κ1) is 40.2. The molecule has 0 saturated carbocycles. The first-order valence-corrected chi connectivity index (χ1v) is 20.9. The van der Waals surface area contributed by atoms with Gasteiger partial charge in [-0.25, -0.2) is 8.42 Å². The Morgan fingerprint density at radius 1 is 0.824 bits per heavy atom. The monoisotopic (exact) mass is 714 g/mol.